The Kier molecular flexibility index (Phi) is 6.77. The molecule has 0 aliphatic rings. The lowest BCUT2D eigenvalue weighted by Crippen LogP contribution is -2.34. The van der Waals surface area contributed by atoms with Gasteiger partial charge in [0.2, 0.25) is 0 Å². The molecule has 29 heavy (non-hydrogen) atoms. The van der Waals surface area contributed by atoms with E-state index in [0.29, 0.717) is 25.1 Å². The fourth-order valence-corrected chi connectivity index (χ4v) is 3.46. The molecule has 0 saturated carbocycles. The van der Waals surface area contributed by atoms with Crippen molar-refractivity contribution in [1.29, 1.82) is 0 Å². The SMILES string of the molecule is CCc1c(C(=O)NCC(c2cccc(F)c2)N(C)C)cnn1Cc1ccccc1. The van der Waals surface area contributed by atoms with Crippen LogP contribution in [-0.4, -0.2) is 41.2 Å². The van der Waals surface area contributed by atoms with Crippen LogP contribution in [0.25, 0.3) is 0 Å². The predicted octanol–water partition coefficient (Wildman–Crippen LogP) is 3.67. The van der Waals surface area contributed by atoms with Crippen molar-refractivity contribution in [3.8, 4) is 0 Å². The summed E-state index contributed by atoms with van der Waals surface area (Å²) in [6.45, 7) is 3.02. The third kappa shape index (κ3) is 5.09. The number of nitrogens with one attached hydrogen (secondary N) is 1. The van der Waals surface area contributed by atoms with Gasteiger partial charge in [0, 0.05) is 6.54 Å². The molecular formula is C23H27FN4O. The normalized spacial score (nSPS) is 12.2. The maximum absolute atomic E-state index is 13.6. The molecule has 1 N–H and O–H groups in total. The summed E-state index contributed by atoms with van der Waals surface area (Å²) in [6.07, 6.45) is 2.33. The van der Waals surface area contributed by atoms with E-state index in [1.165, 1.54) is 12.1 Å². The molecule has 0 saturated heterocycles. The van der Waals surface area contributed by atoms with Gasteiger partial charge < -0.3 is 10.2 Å². The van der Waals surface area contributed by atoms with Crippen molar-refractivity contribution >= 4 is 5.91 Å². The van der Waals surface area contributed by atoms with Crippen LogP contribution in [0.15, 0.2) is 60.8 Å². The minimum atomic E-state index is -0.281. The first-order valence-electron chi connectivity index (χ1n) is 9.78. The molecule has 3 rings (SSSR count). The molecule has 1 amide bonds. The van der Waals surface area contributed by atoms with Gasteiger partial charge in [-0.25, -0.2) is 4.39 Å². The van der Waals surface area contributed by atoms with Crippen LogP contribution in [0.1, 0.15) is 40.1 Å². The van der Waals surface area contributed by atoms with Gasteiger partial charge in [-0.15, -0.1) is 0 Å². The number of aromatic nitrogens is 2. The third-order valence-corrected chi connectivity index (χ3v) is 5.02. The number of benzene rings is 2. The highest BCUT2D eigenvalue weighted by Crippen LogP contribution is 2.19. The standard InChI is InChI=1S/C23H27FN4O/c1-4-21-20(14-26-28(21)16-17-9-6-5-7-10-17)23(29)25-15-22(27(2)3)18-11-8-12-19(24)13-18/h5-14,22H,4,15-16H2,1-3H3,(H,25,29). The van der Waals surface area contributed by atoms with Gasteiger partial charge in [-0.05, 0) is 43.8 Å². The number of rotatable bonds is 8. The number of amides is 1. The minimum absolute atomic E-state index is 0.126. The van der Waals surface area contributed by atoms with E-state index in [0.717, 1.165) is 16.8 Å². The Morgan fingerprint density at radius 2 is 1.93 bits per heavy atom. The van der Waals surface area contributed by atoms with Gasteiger partial charge in [0.05, 0.1) is 30.0 Å². The molecule has 0 radical (unpaired) electrons. The molecule has 1 unspecified atom stereocenters. The quantitative estimate of drug-likeness (QED) is 0.634. The summed E-state index contributed by atoms with van der Waals surface area (Å²) in [6, 6.07) is 16.4. The second kappa shape index (κ2) is 9.47. The molecule has 1 heterocycles. The maximum Gasteiger partial charge on any atom is 0.254 e. The van der Waals surface area contributed by atoms with Crippen molar-refractivity contribution in [1.82, 2.24) is 20.0 Å². The van der Waals surface area contributed by atoms with Crippen LogP contribution in [-0.2, 0) is 13.0 Å². The molecule has 0 spiro atoms. The van der Waals surface area contributed by atoms with E-state index >= 15 is 0 Å². The van der Waals surface area contributed by atoms with Gasteiger partial charge in [-0.3, -0.25) is 9.48 Å². The molecule has 5 nitrogen and oxygen atoms in total. The van der Waals surface area contributed by atoms with E-state index in [1.54, 1.807) is 12.3 Å². The molecule has 0 fully saturated rings. The molecule has 1 atom stereocenters. The summed E-state index contributed by atoms with van der Waals surface area (Å²) >= 11 is 0. The highest BCUT2D eigenvalue weighted by atomic mass is 19.1. The van der Waals surface area contributed by atoms with Crippen molar-refractivity contribution < 1.29 is 9.18 Å². The maximum atomic E-state index is 13.6. The highest BCUT2D eigenvalue weighted by molar-refractivity contribution is 5.95. The van der Waals surface area contributed by atoms with Gasteiger partial charge >= 0.3 is 0 Å². The Balaban J connectivity index is 1.73. The molecule has 0 aliphatic carbocycles. The van der Waals surface area contributed by atoms with Crippen molar-refractivity contribution in [2.75, 3.05) is 20.6 Å². The fraction of sp³-hybridized carbons (Fsp3) is 0.304. The number of carbonyl (C=O) groups excluding carboxylic acids is 1. The molecular weight excluding hydrogens is 367 g/mol. The lowest BCUT2D eigenvalue weighted by atomic mass is 10.1. The minimum Gasteiger partial charge on any atom is -0.350 e. The Morgan fingerprint density at radius 3 is 2.59 bits per heavy atom. The monoisotopic (exact) mass is 394 g/mol. The van der Waals surface area contributed by atoms with E-state index < -0.39 is 0 Å². The van der Waals surface area contributed by atoms with Crippen LogP contribution in [0, 0.1) is 5.82 Å². The van der Waals surface area contributed by atoms with Crippen LogP contribution in [0.2, 0.25) is 0 Å². The molecule has 3 aromatic rings. The zero-order valence-corrected chi connectivity index (χ0v) is 17.1. The average Bonchev–Trinajstić information content (AvgIpc) is 3.11. The number of nitrogens with zero attached hydrogens (tertiary/aromatic N) is 3. The zero-order valence-electron chi connectivity index (χ0n) is 17.1. The largest absolute Gasteiger partial charge is 0.350 e. The Bertz CT molecular complexity index is 953. The topological polar surface area (TPSA) is 50.2 Å². The van der Waals surface area contributed by atoms with E-state index in [1.807, 2.05) is 67.0 Å². The van der Waals surface area contributed by atoms with Gasteiger partial charge in [0.1, 0.15) is 5.82 Å². The highest BCUT2D eigenvalue weighted by Gasteiger charge is 2.20. The average molecular weight is 394 g/mol. The van der Waals surface area contributed by atoms with Crippen LogP contribution in [0.3, 0.4) is 0 Å². The Hall–Kier alpha value is -2.99. The molecule has 1 aromatic heterocycles. The molecule has 0 aliphatic heterocycles. The second-order valence-corrected chi connectivity index (χ2v) is 7.25. The summed E-state index contributed by atoms with van der Waals surface area (Å²) in [4.78, 5) is 14.8. The van der Waals surface area contributed by atoms with Crippen LogP contribution in [0.4, 0.5) is 4.39 Å². The zero-order chi connectivity index (χ0) is 20.8. The number of likely N-dealkylation sites (N-methyl/N-ethyl adjacent to an activating group) is 1. The number of carbonyl (C=O) groups is 1. The van der Waals surface area contributed by atoms with Gasteiger partial charge in [0.25, 0.3) is 5.91 Å². The number of halogens is 1. The summed E-state index contributed by atoms with van der Waals surface area (Å²) in [5.41, 5.74) is 3.44. The van der Waals surface area contributed by atoms with Crippen LogP contribution < -0.4 is 5.32 Å². The summed E-state index contributed by atoms with van der Waals surface area (Å²) in [7, 11) is 3.83. The lowest BCUT2D eigenvalue weighted by molar-refractivity contribution is 0.0941. The molecule has 152 valence electrons. The van der Waals surface area contributed by atoms with E-state index in [9.17, 15) is 9.18 Å². The van der Waals surface area contributed by atoms with Crippen molar-refractivity contribution in [2.45, 2.75) is 25.9 Å². The number of hydrogen-bond donors (Lipinski definition) is 1. The Morgan fingerprint density at radius 1 is 1.17 bits per heavy atom. The summed E-state index contributed by atoms with van der Waals surface area (Å²) in [5, 5.41) is 7.43. The predicted molar refractivity (Wildman–Crippen MR) is 112 cm³/mol. The molecule has 2 aromatic carbocycles. The lowest BCUT2D eigenvalue weighted by Gasteiger charge is -2.25. The first-order chi connectivity index (χ1) is 14.0. The van der Waals surface area contributed by atoms with Crippen molar-refractivity contribution in [3.63, 3.8) is 0 Å². The Labute approximate surface area is 171 Å². The van der Waals surface area contributed by atoms with Crippen molar-refractivity contribution in [2.24, 2.45) is 0 Å². The smallest absolute Gasteiger partial charge is 0.254 e. The van der Waals surface area contributed by atoms with E-state index in [4.69, 9.17) is 0 Å². The molecule has 0 bridgehead atoms. The number of hydrogen-bond acceptors (Lipinski definition) is 3. The first kappa shape index (κ1) is 20.7. The fourth-order valence-electron chi connectivity index (χ4n) is 3.46. The van der Waals surface area contributed by atoms with Gasteiger partial charge in [0.15, 0.2) is 0 Å². The van der Waals surface area contributed by atoms with Crippen molar-refractivity contribution in [3.05, 3.63) is 89.0 Å². The van der Waals surface area contributed by atoms with E-state index in [-0.39, 0.29) is 17.8 Å². The van der Waals surface area contributed by atoms with Crippen LogP contribution >= 0.6 is 0 Å². The molecule has 6 heteroatoms. The van der Waals surface area contributed by atoms with E-state index in [2.05, 4.69) is 10.4 Å². The van der Waals surface area contributed by atoms with Gasteiger partial charge in [-0.1, -0.05) is 49.4 Å². The van der Waals surface area contributed by atoms with Gasteiger partial charge in [-0.2, -0.15) is 5.10 Å². The third-order valence-electron chi connectivity index (χ3n) is 5.02. The van der Waals surface area contributed by atoms with Crippen LogP contribution in [0.5, 0.6) is 0 Å². The first-order valence-corrected chi connectivity index (χ1v) is 9.78. The summed E-state index contributed by atoms with van der Waals surface area (Å²) < 4.78 is 15.5. The summed E-state index contributed by atoms with van der Waals surface area (Å²) in [5.74, 6) is -0.444. The second-order valence-electron chi connectivity index (χ2n) is 7.25.